The second kappa shape index (κ2) is 5.42. The molecule has 2 aliphatic rings. The summed E-state index contributed by atoms with van der Waals surface area (Å²) in [4.78, 5) is 13.6. The number of urea groups is 1. The van der Waals surface area contributed by atoms with Crippen LogP contribution in [0.2, 0.25) is 0 Å². The molecule has 0 saturated carbocycles. The van der Waals surface area contributed by atoms with Gasteiger partial charge in [-0.3, -0.25) is 0 Å². The molecule has 2 heterocycles. The predicted octanol–water partition coefficient (Wildman–Crippen LogP) is 3.24. The van der Waals surface area contributed by atoms with Gasteiger partial charge in [0.1, 0.15) is 5.82 Å². The van der Waals surface area contributed by atoms with Gasteiger partial charge in [0.05, 0.1) is 23.5 Å². The molecule has 22 heavy (non-hydrogen) atoms. The lowest BCUT2D eigenvalue weighted by Crippen LogP contribution is -2.47. The van der Waals surface area contributed by atoms with E-state index >= 15 is 0 Å². The third-order valence-electron chi connectivity index (χ3n) is 3.87. The number of carbonyl (C=O) groups is 1. The summed E-state index contributed by atoms with van der Waals surface area (Å²) in [7, 11) is 0. The van der Waals surface area contributed by atoms with E-state index in [9.17, 15) is 22.4 Å². The summed E-state index contributed by atoms with van der Waals surface area (Å²) in [5.41, 5.74) is -1.48. The molecule has 3 rings (SSSR count). The van der Waals surface area contributed by atoms with Gasteiger partial charge in [-0.2, -0.15) is 13.2 Å². The van der Waals surface area contributed by atoms with Crippen LogP contribution in [0.25, 0.3) is 0 Å². The number of carbonyl (C=O) groups excluding carboxylic acids is 1. The minimum Gasteiger partial charge on any atom is -0.371 e. The minimum atomic E-state index is -4.59. The van der Waals surface area contributed by atoms with Gasteiger partial charge >= 0.3 is 12.2 Å². The zero-order valence-corrected chi connectivity index (χ0v) is 11.5. The number of amides is 2. The number of halogens is 4. The average Bonchev–Trinajstić information content (AvgIpc) is 2.78. The number of nitrogens with zero attached hydrogens (tertiary/aromatic N) is 1. The fourth-order valence-corrected chi connectivity index (χ4v) is 2.77. The largest absolute Gasteiger partial charge is 0.416 e. The molecule has 0 aromatic heterocycles. The molecule has 2 saturated heterocycles. The van der Waals surface area contributed by atoms with E-state index in [1.165, 1.54) is 4.90 Å². The Labute approximate surface area is 124 Å². The smallest absolute Gasteiger partial charge is 0.371 e. The van der Waals surface area contributed by atoms with Crippen molar-refractivity contribution in [2.75, 3.05) is 18.4 Å². The second-order valence-corrected chi connectivity index (χ2v) is 5.48. The Morgan fingerprint density at radius 3 is 2.45 bits per heavy atom. The van der Waals surface area contributed by atoms with Crippen molar-refractivity contribution in [3.8, 4) is 0 Å². The van der Waals surface area contributed by atoms with Gasteiger partial charge in [0, 0.05) is 13.1 Å². The molecule has 120 valence electrons. The summed E-state index contributed by atoms with van der Waals surface area (Å²) >= 11 is 0. The normalized spacial score (nSPS) is 24.5. The van der Waals surface area contributed by atoms with E-state index in [1.807, 2.05) is 0 Å². The number of ether oxygens (including phenoxy) is 1. The number of nitrogens with one attached hydrogen (secondary N) is 1. The molecule has 2 fully saturated rings. The van der Waals surface area contributed by atoms with Crippen molar-refractivity contribution in [1.29, 1.82) is 0 Å². The molecule has 2 aliphatic heterocycles. The summed E-state index contributed by atoms with van der Waals surface area (Å²) in [5.74, 6) is -0.905. The van der Waals surface area contributed by atoms with Crippen LogP contribution < -0.4 is 5.32 Å². The van der Waals surface area contributed by atoms with Crippen molar-refractivity contribution in [2.24, 2.45) is 0 Å². The Morgan fingerprint density at radius 2 is 1.86 bits per heavy atom. The first-order valence-electron chi connectivity index (χ1n) is 6.91. The van der Waals surface area contributed by atoms with Crippen LogP contribution in [-0.4, -0.2) is 36.2 Å². The first kappa shape index (κ1) is 15.1. The lowest BCUT2D eigenvalue weighted by atomic mass is 10.2. The van der Waals surface area contributed by atoms with Gasteiger partial charge < -0.3 is 15.0 Å². The van der Waals surface area contributed by atoms with Crippen molar-refractivity contribution in [3.05, 3.63) is 29.6 Å². The lowest BCUT2D eigenvalue weighted by Gasteiger charge is -2.32. The van der Waals surface area contributed by atoms with Gasteiger partial charge in [-0.1, -0.05) is 0 Å². The molecule has 2 unspecified atom stereocenters. The monoisotopic (exact) mass is 318 g/mol. The maximum absolute atomic E-state index is 13.6. The first-order valence-corrected chi connectivity index (χ1v) is 6.91. The van der Waals surface area contributed by atoms with Crippen molar-refractivity contribution >= 4 is 11.7 Å². The molecule has 8 heteroatoms. The van der Waals surface area contributed by atoms with Crippen LogP contribution in [0.1, 0.15) is 18.4 Å². The summed E-state index contributed by atoms with van der Waals surface area (Å²) in [6.45, 7) is 0.728. The third kappa shape index (κ3) is 3.01. The number of rotatable bonds is 1. The molecular formula is C14H14F4N2O2. The molecule has 0 spiro atoms. The highest BCUT2D eigenvalue weighted by Crippen LogP contribution is 2.32. The van der Waals surface area contributed by atoms with Crippen LogP contribution in [0.5, 0.6) is 0 Å². The maximum atomic E-state index is 13.6. The maximum Gasteiger partial charge on any atom is 0.416 e. The Hall–Kier alpha value is -1.83. The number of hydrogen-bond acceptors (Lipinski definition) is 2. The topological polar surface area (TPSA) is 41.6 Å². The zero-order chi connectivity index (χ0) is 15.9. The van der Waals surface area contributed by atoms with Gasteiger partial charge in [0.25, 0.3) is 0 Å². The van der Waals surface area contributed by atoms with Crippen LogP contribution >= 0.6 is 0 Å². The van der Waals surface area contributed by atoms with E-state index in [-0.39, 0.29) is 12.2 Å². The highest BCUT2D eigenvalue weighted by molar-refractivity contribution is 5.89. The van der Waals surface area contributed by atoms with E-state index in [4.69, 9.17) is 4.74 Å². The number of fused-ring (bicyclic) bond motifs is 2. The Morgan fingerprint density at radius 1 is 1.23 bits per heavy atom. The van der Waals surface area contributed by atoms with Crippen molar-refractivity contribution in [3.63, 3.8) is 0 Å². The molecular weight excluding hydrogens is 304 g/mol. The Kier molecular flexibility index (Phi) is 3.72. The zero-order valence-electron chi connectivity index (χ0n) is 11.5. The number of anilines is 1. The van der Waals surface area contributed by atoms with E-state index in [1.54, 1.807) is 0 Å². The Balaban J connectivity index is 1.73. The van der Waals surface area contributed by atoms with E-state index in [0.717, 1.165) is 12.8 Å². The van der Waals surface area contributed by atoms with Gasteiger partial charge in [0.2, 0.25) is 0 Å². The van der Waals surface area contributed by atoms with Gasteiger partial charge in [-0.05, 0) is 31.0 Å². The Bertz CT molecular complexity index is 579. The number of morpholine rings is 1. The van der Waals surface area contributed by atoms with Crippen LogP contribution in [0, 0.1) is 5.82 Å². The molecule has 1 aromatic carbocycles. The number of hydrogen-bond donors (Lipinski definition) is 1. The van der Waals surface area contributed by atoms with Crippen LogP contribution in [0.4, 0.5) is 28.0 Å². The molecule has 2 bridgehead atoms. The molecule has 0 radical (unpaired) electrons. The minimum absolute atomic E-state index is 0.0455. The fourth-order valence-electron chi connectivity index (χ4n) is 2.77. The van der Waals surface area contributed by atoms with E-state index in [0.29, 0.717) is 31.3 Å². The molecule has 1 N–H and O–H groups in total. The number of likely N-dealkylation sites (tertiary alicyclic amines) is 1. The van der Waals surface area contributed by atoms with Crippen molar-refractivity contribution in [2.45, 2.75) is 31.2 Å². The van der Waals surface area contributed by atoms with E-state index < -0.39 is 29.3 Å². The van der Waals surface area contributed by atoms with Crippen LogP contribution in [-0.2, 0) is 10.9 Å². The molecule has 2 atom stereocenters. The number of alkyl halides is 3. The average molecular weight is 318 g/mol. The van der Waals surface area contributed by atoms with Gasteiger partial charge in [-0.15, -0.1) is 0 Å². The second-order valence-electron chi connectivity index (χ2n) is 5.48. The van der Waals surface area contributed by atoms with E-state index in [2.05, 4.69) is 5.32 Å². The highest BCUT2D eigenvalue weighted by Gasteiger charge is 2.36. The molecule has 1 aromatic rings. The van der Waals surface area contributed by atoms with Crippen LogP contribution in [0.3, 0.4) is 0 Å². The fraction of sp³-hybridized carbons (Fsp3) is 0.500. The summed E-state index contributed by atoms with van der Waals surface area (Å²) in [6, 6.07) is 1.32. The third-order valence-corrected chi connectivity index (χ3v) is 3.87. The standard InChI is InChI=1S/C14H14F4N2O2/c15-11-4-1-8(14(16,17)18)5-12(11)19-13(21)20-6-9-2-3-10(7-20)22-9/h1,4-5,9-10H,2-3,6-7H2,(H,19,21). The van der Waals surface area contributed by atoms with Crippen molar-refractivity contribution < 1.29 is 27.1 Å². The molecule has 0 aliphatic carbocycles. The highest BCUT2D eigenvalue weighted by atomic mass is 19.4. The summed E-state index contributed by atoms with van der Waals surface area (Å²) in [6.07, 6.45) is -2.98. The molecule has 4 nitrogen and oxygen atoms in total. The van der Waals surface area contributed by atoms with Crippen molar-refractivity contribution in [1.82, 2.24) is 4.90 Å². The lowest BCUT2D eigenvalue weighted by molar-refractivity contribution is -0.137. The quantitative estimate of drug-likeness (QED) is 0.808. The predicted molar refractivity (Wildman–Crippen MR) is 69.9 cm³/mol. The SMILES string of the molecule is O=C(Nc1cc(C(F)(F)F)ccc1F)N1CC2CCC(C1)O2. The number of benzene rings is 1. The first-order chi connectivity index (χ1) is 10.3. The molecule has 2 amide bonds. The summed E-state index contributed by atoms with van der Waals surface area (Å²) < 4.78 is 57.1. The van der Waals surface area contributed by atoms with Gasteiger partial charge in [-0.25, -0.2) is 9.18 Å². The summed E-state index contributed by atoms with van der Waals surface area (Å²) in [5, 5.41) is 2.22. The van der Waals surface area contributed by atoms with Crippen LogP contribution in [0.15, 0.2) is 18.2 Å². The van der Waals surface area contributed by atoms with Gasteiger partial charge in [0.15, 0.2) is 0 Å².